The van der Waals surface area contributed by atoms with Gasteiger partial charge in [-0.3, -0.25) is 4.55 Å². The first kappa shape index (κ1) is 29.0. The maximum Gasteiger partial charge on any atom is 1.00 e. The second kappa shape index (κ2) is 15.7. The molecule has 2 rings (SSSR count). The van der Waals surface area contributed by atoms with Crippen LogP contribution in [0.5, 0.6) is 17.2 Å². The van der Waals surface area contributed by atoms with E-state index in [1.807, 2.05) is 0 Å². The fraction of sp³-hybridized carbons (Fsp3) is 0.520. The van der Waals surface area contributed by atoms with Crippen molar-refractivity contribution >= 4 is 10.1 Å². The minimum atomic E-state index is -4.42. The molecule has 0 saturated heterocycles. The molecule has 5 nitrogen and oxygen atoms in total. The van der Waals surface area contributed by atoms with Crippen LogP contribution < -0.4 is 39.4 Å². The molecule has 0 aliphatic heterocycles. The molecule has 32 heavy (non-hydrogen) atoms. The van der Waals surface area contributed by atoms with Crippen LogP contribution in [-0.2, 0) is 16.5 Å². The Kier molecular flexibility index (Phi) is 14.2. The zero-order valence-corrected chi connectivity index (χ0v) is 22.3. The number of unbranched alkanes of at least 4 members (excludes halogenated alkanes) is 10. The van der Waals surface area contributed by atoms with E-state index in [1.54, 1.807) is 18.2 Å². The second-order valence-electron chi connectivity index (χ2n) is 8.04. The van der Waals surface area contributed by atoms with Gasteiger partial charge in [0.05, 0.1) is 0 Å². The standard InChI is InChI=1S/C25H36O5S.Na/c1-2-3-4-5-6-7-8-9-10-11-12-16-21-22(26)17-15-19-23(21)30-24-18-13-14-20-25(24)31(27,28)29;/h13-15,17-20,26H,2-12,16H2,1H3,(H,27,28,29);/q;+1/p-1. The normalized spacial score (nSPS) is 11.2. The zero-order valence-electron chi connectivity index (χ0n) is 19.5. The van der Waals surface area contributed by atoms with Crippen molar-refractivity contribution in [2.24, 2.45) is 0 Å². The minimum Gasteiger partial charge on any atom is -0.872 e. The van der Waals surface area contributed by atoms with Crippen molar-refractivity contribution in [3.8, 4) is 17.2 Å². The third-order valence-electron chi connectivity index (χ3n) is 5.47. The third-order valence-corrected chi connectivity index (χ3v) is 6.36. The monoisotopic (exact) mass is 470 g/mol. The Balaban J connectivity index is 0.00000512. The summed E-state index contributed by atoms with van der Waals surface area (Å²) in [4.78, 5) is -0.313. The van der Waals surface area contributed by atoms with Gasteiger partial charge in [0.1, 0.15) is 16.4 Å². The molecule has 172 valence electrons. The first-order valence-electron chi connectivity index (χ1n) is 11.5. The van der Waals surface area contributed by atoms with Crippen LogP contribution in [0.2, 0.25) is 0 Å². The van der Waals surface area contributed by atoms with E-state index in [-0.39, 0.29) is 46.0 Å². The zero-order chi connectivity index (χ0) is 22.5. The summed E-state index contributed by atoms with van der Waals surface area (Å²) in [5.74, 6) is 0.236. The van der Waals surface area contributed by atoms with E-state index in [1.165, 1.54) is 75.6 Å². The van der Waals surface area contributed by atoms with Gasteiger partial charge in [-0.25, -0.2) is 0 Å². The molecule has 0 aliphatic carbocycles. The van der Waals surface area contributed by atoms with Crippen molar-refractivity contribution < 1.29 is 52.4 Å². The van der Waals surface area contributed by atoms with Gasteiger partial charge in [-0.1, -0.05) is 95.4 Å². The molecule has 0 aromatic heterocycles. The van der Waals surface area contributed by atoms with Gasteiger partial charge in [0.15, 0.2) is 0 Å². The van der Waals surface area contributed by atoms with Gasteiger partial charge in [-0.05, 0) is 36.6 Å². The summed E-state index contributed by atoms with van der Waals surface area (Å²) in [7, 11) is -4.42. The summed E-state index contributed by atoms with van der Waals surface area (Å²) < 4.78 is 38.4. The summed E-state index contributed by atoms with van der Waals surface area (Å²) in [6.45, 7) is 2.23. The molecule has 0 saturated carbocycles. The molecular weight excluding hydrogens is 435 g/mol. The second-order valence-corrected chi connectivity index (χ2v) is 9.43. The number of para-hydroxylation sites is 1. The molecule has 0 bridgehead atoms. The van der Waals surface area contributed by atoms with Crippen molar-refractivity contribution in [1.82, 2.24) is 0 Å². The Morgan fingerprint density at radius 3 is 1.91 bits per heavy atom. The number of hydrogen-bond acceptors (Lipinski definition) is 4. The molecule has 0 heterocycles. The topological polar surface area (TPSA) is 86.7 Å². The molecule has 0 fully saturated rings. The first-order valence-corrected chi connectivity index (χ1v) is 12.9. The van der Waals surface area contributed by atoms with Gasteiger partial charge in [-0.15, -0.1) is 5.75 Å². The van der Waals surface area contributed by atoms with Crippen LogP contribution in [-0.4, -0.2) is 13.0 Å². The van der Waals surface area contributed by atoms with E-state index in [2.05, 4.69) is 6.92 Å². The van der Waals surface area contributed by atoms with Gasteiger partial charge in [0, 0.05) is 0 Å². The van der Waals surface area contributed by atoms with E-state index >= 15 is 0 Å². The van der Waals surface area contributed by atoms with Gasteiger partial charge >= 0.3 is 29.6 Å². The smallest absolute Gasteiger partial charge is 0.872 e. The van der Waals surface area contributed by atoms with Crippen LogP contribution in [0.3, 0.4) is 0 Å². The molecule has 7 heteroatoms. The maximum absolute atomic E-state index is 12.4. The predicted molar refractivity (Wildman–Crippen MR) is 122 cm³/mol. The molecule has 0 radical (unpaired) electrons. The Morgan fingerprint density at radius 2 is 1.31 bits per heavy atom. The van der Waals surface area contributed by atoms with E-state index in [0.717, 1.165) is 19.3 Å². The molecule has 1 N–H and O–H groups in total. The quantitative estimate of drug-likeness (QED) is 0.244. The van der Waals surface area contributed by atoms with Crippen molar-refractivity contribution in [2.75, 3.05) is 0 Å². The Bertz CT molecular complexity index is 899. The molecular formula is C25H35NaO5S. The van der Waals surface area contributed by atoms with Crippen LogP contribution in [0.1, 0.15) is 83.1 Å². The van der Waals surface area contributed by atoms with Crippen molar-refractivity contribution in [3.63, 3.8) is 0 Å². The number of benzene rings is 2. The van der Waals surface area contributed by atoms with Gasteiger partial charge < -0.3 is 9.84 Å². The molecule has 0 amide bonds. The summed E-state index contributed by atoms with van der Waals surface area (Å²) in [5, 5.41) is 12.4. The molecule has 2 aromatic carbocycles. The Hall–Kier alpha value is -1.05. The number of ether oxygens (including phenoxy) is 1. The van der Waals surface area contributed by atoms with Crippen LogP contribution in [0.25, 0.3) is 0 Å². The summed E-state index contributed by atoms with van der Waals surface area (Å²) in [6, 6.07) is 10.6. The molecule has 2 aromatic rings. The average molecular weight is 471 g/mol. The molecule has 0 spiro atoms. The average Bonchev–Trinajstić information content (AvgIpc) is 2.73. The van der Waals surface area contributed by atoms with E-state index in [9.17, 15) is 18.1 Å². The maximum atomic E-state index is 12.4. The fourth-order valence-corrected chi connectivity index (χ4v) is 4.33. The van der Waals surface area contributed by atoms with Crippen LogP contribution in [0.15, 0.2) is 47.4 Å². The van der Waals surface area contributed by atoms with Gasteiger partial charge in [0.25, 0.3) is 10.1 Å². The largest absolute Gasteiger partial charge is 1.00 e. The van der Waals surface area contributed by atoms with E-state index < -0.39 is 10.1 Å². The van der Waals surface area contributed by atoms with Gasteiger partial charge in [-0.2, -0.15) is 8.42 Å². The Morgan fingerprint density at radius 1 is 0.781 bits per heavy atom. The van der Waals surface area contributed by atoms with Crippen molar-refractivity contribution in [3.05, 3.63) is 48.0 Å². The number of hydrogen-bond donors (Lipinski definition) is 1. The summed E-state index contributed by atoms with van der Waals surface area (Å²) in [5.41, 5.74) is 0.545. The third kappa shape index (κ3) is 10.3. The predicted octanol–water partition coefficient (Wildman–Crippen LogP) is 3.66. The summed E-state index contributed by atoms with van der Waals surface area (Å²) in [6.07, 6.45) is 14.1. The SMILES string of the molecule is CCCCCCCCCCCCCc1c([O-])cccc1Oc1ccccc1S(=O)(=O)O.[Na+]. The van der Waals surface area contributed by atoms with Crippen molar-refractivity contribution in [2.45, 2.75) is 88.9 Å². The number of rotatable bonds is 15. The van der Waals surface area contributed by atoms with Gasteiger partial charge in [0.2, 0.25) is 0 Å². The minimum absolute atomic E-state index is 0. The Labute approximate surface area is 215 Å². The van der Waals surface area contributed by atoms with Crippen molar-refractivity contribution in [1.29, 1.82) is 0 Å². The molecule has 0 unspecified atom stereocenters. The van der Waals surface area contributed by atoms with Crippen LogP contribution in [0, 0.1) is 0 Å². The van der Waals surface area contributed by atoms with E-state index in [4.69, 9.17) is 4.74 Å². The van der Waals surface area contributed by atoms with E-state index in [0.29, 0.717) is 17.7 Å². The first-order chi connectivity index (χ1) is 14.9. The molecule has 0 aliphatic rings. The van der Waals surface area contributed by atoms with Crippen LogP contribution in [0.4, 0.5) is 0 Å². The molecule has 0 atom stereocenters. The van der Waals surface area contributed by atoms with Crippen LogP contribution >= 0.6 is 0 Å². The fourth-order valence-electron chi connectivity index (χ4n) is 3.72. The summed E-state index contributed by atoms with van der Waals surface area (Å²) >= 11 is 0.